The van der Waals surface area contributed by atoms with Gasteiger partial charge in [0.2, 0.25) is 5.76 Å². The van der Waals surface area contributed by atoms with Crippen molar-refractivity contribution in [1.82, 2.24) is 0 Å². The summed E-state index contributed by atoms with van der Waals surface area (Å²) < 4.78 is 10.7. The molecule has 0 bridgehead atoms. The summed E-state index contributed by atoms with van der Waals surface area (Å²) in [4.78, 5) is 38.7. The summed E-state index contributed by atoms with van der Waals surface area (Å²) in [5.41, 5.74) is 0.681. The summed E-state index contributed by atoms with van der Waals surface area (Å²) in [6.45, 7) is 1.72. The first-order valence-corrected chi connectivity index (χ1v) is 9.17. The summed E-state index contributed by atoms with van der Waals surface area (Å²) in [5.74, 6) is -2.01. The van der Waals surface area contributed by atoms with Gasteiger partial charge in [0.1, 0.15) is 5.76 Å². The zero-order chi connectivity index (χ0) is 20.0. The van der Waals surface area contributed by atoms with Crippen LogP contribution in [0.4, 0.5) is 0 Å². The Morgan fingerprint density at radius 1 is 0.964 bits per heavy atom. The number of fused-ring (bicyclic) bond motifs is 2. The third kappa shape index (κ3) is 2.75. The molecule has 1 aromatic heterocycles. The molecule has 0 atom stereocenters. The average molecular weight is 415 g/mol. The molecule has 1 aliphatic rings. The second kappa shape index (κ2) is 6.93. The Labute approximate surface area is 169 Å². The molecule has 0 amide bonds. The molecular formula is C21H12Cl2O5. The molecule has 5 nitrogen and oxygen atoms in total. The number of halogens is 2. The van der Waals surface area contributed by atoms with Gasteiger partial charge < -0.3 is 9.15 Å². The SMILES string of the molecule is CCOC(=O)c1oc(-c2ccc(Cl)cc2Cl)c2c1C(=O)c1ccccc1C2=O. The van der Waals surface area contributed by atoms with Crippen molar-refractivity contribution in [3.8, 4) is 11.3 Å². The smallest absolute Gasteiger partial charge is 0.375 e. The number of carbonyl (C=O) groups is 3. The largest absolute Gasteiger partial charge is 0.460 e. The summed E-state index contributed by atoms with van der Waals surface area (Å²) in [5, 5.41) is 0.617. The van der Waals surface area contributed by atoms with Crippen LogP contribution in [-0.2, 0) is 4.74 Å². The van der Waals surface area contributed by atoms with Crippen LogP contribution in [0.5, 0.6) is 0 Å². The zero-order valence-electron chi connectivity index (χ0n) is 14.5. The van der Waals surface area contributed by atoms with Crippen LogP contribution in [0.2, 0.25) is 10.0 Å². The standard InChI is InChI=1S/C21H12Cl2O5/c1-2-27-21(26)20-16-15(17(24)11-5-3-4-6-12(11)18(16)25)19(28-20)13-8-7-10(22)9-14(13)23/h3-9H,2H2,1H3. The Balaban J connectivity index is 2.03. The molecule has 0 saturated heterocycles. The molecule has 7 heteroatoms. The van der Waals surface area contributed by atoms with E-state index in [0.717, 1.165) is 0 Å². The highest BCUT2D eigenvalue weighted by Gasteiger charge is 2.40. The minimum Gasteiger partial charge on any atom is -0.460 e. The molecule has 0 radical (unpaired) electrons. The van der Waals surface area contributed by atoms with Crippen LogP contribution >= 0.6 is 23.2 Å². The summed E-state index contributed by atoms with van der Waals surface area (Å²) in [6.07, 6.45) is 0. The van der Waals surface area contributed by atoms with Gasteiger partial charge in [-0.15, -0.1) is 0 Å². The number of ketones is 2. The van der Waals surface area contributed by atoms with Gasteiger partial charge in [0.15, 0.2) is 11.6 Å². The van der Waals surface area contributed by atoms with Crippen LogP contribution in [0.15, 0.2) is 46.9 Å². The van der Waals surface area contributed by atoms with Gasteiger partial charge in [0.05, 0.1) is 22.8 Å². The summed E-state index contributed by atoms with van der Waals surface area (Å²) >= 11 is 12.2. The second-order valence-electron chi connectivity index (χ2n) is 6.06. The van der Waals surface area contributed by atoms with Gasteiger partial charge >= 0.3 is 5.97 Å². The van der Waals surface area contributed by atoms with Crippen molar-refractivity contribution < 1.29 is 23.5 Å². The van der Waals surface area contributed by atoms with E-state index in [0.29, 0.717) is 10.6 Å². The lowest BCUT2D eigenvalue weighted by Gasteiger charge is -2.15. The maximum atomic E-state index is 13.2. The van der Waals surface area contributed by atoms with Crippen LogP contribution < -0.4 is 0 Å². The number of hydrogen-bond acceptors (Lipinski definition) is 5. The predicted molar refractivity (Wildman–Crippen MR) is 103 cm³/mol. The van der Waals surface area contributed by atoms with E-state index in [-0.39, 0.29) is 45.4 Å². The van der Waals surface area contributed by atoms with E-state index in [1.54, 1.807) is 37.3 Å². The van der Waals surface area contributed by atoms with Crippen LogP contribution in [0.1, 0.15) is 49.3 Å². The van der Waals surface area contributed by atoms with Crippen LogP contribution in [-0.4, -0.2) is 24.1 Å². The lowest BCUT2D eigenvalue weighted by molar-refractivity contribution is 0.0487. The Hall–Kier alpha value is -2.89. The van der Waals surface area contributed by atoms with E-state index in [9.17, 15) is 14.4 Å². The lowest BCUT2D eigenvalue weighted by Crippen LogP contribution is -2.22. The van der Waals surface area contributed by atoms with E-state index in [4.69, 9.17) is 32.4 Å². The first-order chi connectivity index (χ1) is 13.4. The molecule has 28 heavy (non-hydrogen) atoms. The Morgan fingerprint density at radius 3 is 2.21 bits per heavy atom. The third-order valence-corrected chi connectivity index (χ3v) is 4.96. The predicted octanol–water partition coefficient (Wildman–Crippen LogP) is 5.21. The van der Waals surface area contributed by atoms with Gasteiger partial charge in [-0.1, -0.05) is 47.5 Å². The molecule has 1 heterocycles. The van der Waals surface area contributed by atoms with E-state index in [1.807, 2.05) is 0 Å². The fourth-order valence-electron chi connectivity index (χ4n) is 3.22. The molecule has 0 spiro atoms. The van der Waals surface area contributed by atoms with Gasteiger partial charge in [-0.05, 0) is 25.1 Å². The zero-order valence-corrected chi connectivity index (χ0v) is 16.1. The second-order valence-corrected chi connectivity index (χ2v) is 6.90. The molecule has 0 saturated carbocycles. The molecule has 4 rings (SSSR count). The molecule has 0 aliphatic heterocycles. The molecular weight excluding hydrogens is 403 g/mol. The highest BCUT2D eigenvalue weighted by molar-refractivity contribution is 6.37. The number of benzene rings is 2. The normalized spacial score (nSPS) is 12.5. The third-order valence-electron chi connectivity index (χ3n) is 4.42. The minimum absolute atomic E-state index is 0.00373. The van der Waals surface area contributed by atoms with E-state index in [1.165, 1.54) is 12.1 Å². The van der Waals surface area contributed by atoms with Crippen molar-refractivity contribution in [2.24, 2.45) is 0 Å². The number of esters is 1. The van der Waals surface area contributed by atoms with Crippen molar-refractivity contribution in [3.05, 3.63) is 80.5 Å². The van der Waals surface area contributed by atoms with Crippen molar-refractivity contribution in [3.63, 3.8) is 0 Å². The van der Waals surface area contributed by atoms with Gasteiger partial charge in [-0.3, -0.25) is 9.59 Å². The van der Waals surface area contributed by atoms with Crippen molar-refractivity contribution in [1.29, 1.82) is 0 Å². The molecule has 0 fully saturated rings. The minimum atomic E-state index is -0.824. The first-order valence-electron chi connectivity index (χ1n) is 8.41. The lowest BCUT2D eigenvalue weighted by atomic mass is 9.83. The van der Waals surface area contributed by atoms with Gasteiger partial charge in [0.25, 0.3) is 0 Å². The Morgan fingerprint density at radius 2 is 1.61 bits per heavy atom. The molecule has 0 N–H and O–H groups in total. The molecule has 2 aromatic carbocycles. The molecule has 140 valence electrons. The number of furan rings is 1. The molecule has 1 aliphatic carbocycles. The Kier molecular flexibility index (Phi) is 4.57. The van der Waals surface area contributed by atoms with Gasteiger partial charge in [-0.2, -0.15) is 0 Å². The molecule has 3 aromatic rings. The highest BCUT2D eigenvalue weighted by atomic mass is 35.5. The van der Waals surface area contributed by atoms with Gasteiger partial charge in [0, 0.05) is 21.7 Å². The number of rotatable bonds is 3. The van der Waals surface area contributed by atoms with Crippen molar-refractivity contribution in [2.75, 3.05) is 6.61 Å². The monoisotopic (exact) mass is 414 g/mol. The quantitative estimate of drug-likeness (QED) is 0.430. The van der Waals surface area contributed by atoms with Crippen molar-refractivity contribution in [2.45, 2.75) is 6.92 Å². The van der Waals surface area contributed by atoms with E-state index >= 15 is 0 Å². The first kappa shape index (κ1) is 18.5. The van der Waals surface area contributed by atoms with E-state index < -0.39 is 17.5 Å². The average Bonchev–Trinajstić information content (AvgIpc) is 3.07. The van der Waals surface area contributed by atoms with Crippen LogP contribution in [0, 0.1) is 0 Å². The fourth-order valence-corrected chi connectivity index (χ4v) is 3.71. The number of carbonyl (C=O) groups excluding carboxylic acids is 3. The summed E-state index contributed by atoms with van der Waals surface area (Å²) in [6, 6.07) is 11.0. The Bertz CT molecular complexity index is 1160. The summed E-state index contributed by atoms with van der Waals surface area (Å²) in [7, 11) is 0. The highest BCUT2D eigenvalue weighted by Crippen LogP contribution is 2.41. The number of ether oxygens (including phenoxy) is 1. The van der Waals surface area contributed by atoms with Gasteiger partial charge in [-0.25, -0.2) is 4.79 Å². The maximum Gasteiger partial charge on any atom is 0.375 e. The topological polar surface area (TPSA) is 73.6 Å². The van der Waals surface area contributed by atoms with Crippen molar-refractivity contribution >= 4 is 40.7 Å². The molecule has 0 unspecified atom stereocenters. The fraction of sp³-hybridized carbons (Fsp3) is 0.0952. The maximum absolute atomic E-state index is 13.2. The number of hydrogen-bond donors (Lipinski definition) is 0. The van der Waals surface area contributed by atoms with Crippen LogP contribution in [0.25, 0.3) is 11.3 Å². The van der Waals surface area contributed by atoms with E-state index in [2.05, 4.69) is 0 Å². The van der Waals surface area contributed by atoms with Crippen LogP contribution in [0.3, 0.4) is 0 Å².